The van der Waals surface area contributed by atoms with Crippen LogP contribution >= 0.6 is 0 Å². The van der Waals surface area contributed by atoms with Gasteiger partial charge in [0.05, 0.1) is 5.69 Å². The van der Waals surface area contributed by atoms with E-state index in [1.807, 2.05) is 0 Å². The first-order chi connectivity index (χ1) is 10.1. The van der Waals surface area contributed by atoms with Crippen LogP contribution in [0.15, 0.2) is 35.1 Å². The predicted molar refractivity (Wildman–Crippen MR) is 78.1 cm³/mol. The first kappa shape index (κ1) is 15.2. The summed E-state index contributed by atoms with van der Waals surface area (Å²) >= 11 is 0. The quantitative estimate of drug-likeness (QED) is 0.799. The third-order valence-corrected chi connectivity index (χ3v) is 3.04. The van der Waals surface area contributed by atoms with Crippen molar-refractivity contribution in [2.24, 2.45) is 0 Å². The minimum Gasteiger partial charge on any atom is -0.506 e. The van der Waals surface area contributed by atoms with Gasteiger partial charge in [-0.3, -0.25) is 4.79 Å². The Morgan fingerprint density at radius 3 is 2.90 bits per heavy atom. The van der Waals surface area contributed by atoms with Crippen molar-refractivity contribution < 1.29 is 9.50 Å². The molecule has 0 aliphatic heterocycles. The fraction of sp³-hybridized carbons (Fsp3) is 0.333. The molecule has 0 aliphatic carbocycles. The molecule has 21 heavy (non-hydrogen) atoms. The van der Waals surface area contributed by atoms with E-state index in [4.69, 9.17) is 0 Å². The minimum absolute atomic E-state index is 0.156. The summed E-state index contributed by atoms with van der Waals surface area (Å²) in [7, 11) is 0. The van der Waals surface area contributed by atoms with E-state index in [1.165, 1.54) is 18.2 Å². The lowest BCUT2D eigenvalue weighted by atomic mass is 10.3. The zero-order chi connectivity index (χ0) is 15.2. The summed E-state index contributed by atoms with van der Waals surface area (Å²) in [6, 6.07) is 6.70. The third kappa shape index (κ3) is 3.88. The van der Waals surface area contributed by atoms with Crippen molar-refractivity contribution in [1.82, 2.24) is 15.1 Å². The van der Waals surface area contributed by atoms with Crippen molar-refractivity contribution >= 4 is 0 Å². The molecule has 0 saturated heterocycles. The van der Waals surface area contributed by atoms with Crippen molar-refractivity contribution in [3.8, 4) is 11.4 Å². The molecule has 0 fully saturated rings. The number of aromatic nitrogens is 2. The second-order valence-corrected chi connectivity index (χ2v) is 4.74. The van der Waals surface area contributed by atoms with E-state index in [9.17, 15) is 14.3 Å². The normalized spacial score (nSPS) is 10.8. The molecule has 0 atom stereocenters. The molecule has 0 saturated carbocycles. The number of nitrogens with one attached hydrogen (secondary N) is 1. The first-order valence-electron chi connectivity index (χ1n) is 6.90. The smallest absolute Gasteiger partial charge is 0.275 e. The Kier molecular flexibility index (Phi) is 5.05. The molecule has 2 N–H and O–H groups in total. The summed E-state index contributed by atoms with van der Waals surface area (Å²) in [6.45, 7) is 3.24. The summed E-state index contributed by atoms with van der Waals surface area (Å²) in [5, 5.41) is 17.0. The molecule has 112 valence electrons. The average molecular weight is 291 g/mol. The summed E-state index contributed by atoms with van der Waals surface area (Å²) in [5.74, 6) is -0.603. The van der Waals surface area contributed by atoms with Gasteiger partial charge in [0.2, 0.25) is 0 Å². The molecule has 0 bridgehead atoms. The Morgan fingerprint density at radius 1 is 1.38 bits per heavy atom. The first-order valence-corrected chi connectivity index (χ1v) is 6.90. The highest BCUT2D eigenvalue weighted by molar-refractivity contribution is 5.33. The van der Waals surface area contributed by atoms with Gasteiger partial charge in [0.25, 0.3) is 5.56 Å². The summed E-state index contributed by atoms with van der Waals surface area (Å²) in [6.07, 6.45) is 2.08. The fourth-order valence-electron chi connectivity index (χ4n) is 1.91. The molecule has 1 heterocycles. The Hall–Kier alpha value is -2.21. The van der Waals surface area contributed by atoms with Gasteiger partial charge in [-0.25, -0.2) is 4.39 Å². The standard InChI is InChI=1S/C15H18FN3O2/c1-2-3-7-17-10-13-14(20)9-15(21)19(18-13)12-6-4-5-11(16)8-12/h4-6,8-9,17,20H,2-3,7,10H2,1H3. The number of benzene rings is 1. The Bertz CT molecular complexity index is 670. The van der Waals surface area contributed by atoms with Crippen LogP contribution in [-0.2, 0) is 6.54 Å². The van der Waals surface area contributed by atoms with E-state index in [0.717, 1.165) is 30.1 Å². The van der Waals surface area contributed by atoms with Crippen molar-refractivity contribution in [2.75, 3.05) is 6.54 Å². The SMILES string of the molecule is CCCCNCc1nn(-c2cccc(F)c2)c(=O)cc1O. The number of unbranched alkanes of at least 4 members (excludes halogenated alkanes) is 1. The number of halogens is 1. The summed E-state index contributed by atoms with van der Waals surface area (Å²) < 4.78 is 14.3. The second kappa shape index (κ2) is 6.99. The van der Waals surface area contributed by atoms with E-state index < -0.39 is 11.4 Å². The molecule has 1 aromatic carbocycles. The van der Waals surface area contributed by atoms with Crippen LogP contribution in [0.2, 0.25) is 0 Å². The maximum absolute atomic E-state index is 13.2. The number of rotatable bonds is 6. The number of hydrogen-bond donors (Lipinski definition) is 2. The fourth-order valence-corrected chi connectivity index (χ4v) is 1.91. The Labute approximate surface area is 122 Å². The Morgan fingerprint density at radius 2 is 2.19 bits per heavy atom. The number of hydrogen-bond acceptors (Lipinski definition) is 4. The molecule has 5 nitrogen and oxygen atoms in total. The molecule has 0 spiro atoms. The van der Waals surface area contributed by atoms with Crippen molar-refractivity contribution in [1.29, 1.82) is 0 Å². The van der Waals surface area contributed by atoms with Crippen LogP contribution in [0.5, 0.6) is 5.75 Å². The highest BCUT2D eigenvalue weighted by Gasteiger charge is 2.09. The van der Waals surface area contributed by atoms with Gasteiger partial charge in [-0.15, -0.1) is 0 Å². The van der Waals surface area contributed by atoms with Crippen LogP contribution < -0.4 is 10.9 Å². The van der Waals surface area contributed by atoms with Crippen molar-refractivity contribution in [2.45, 2.75) is 26.3 Å². The summed E-state index contributed by atoms with van der Waals surface area (Å²) in [5.41, 5.74) is 0.181. The van der Waals surface area contributed by atoms with Crippen LogP contribution in [0.25, 0.3) is 5.69 Å². The monoisotopic (exact) mass is 291 g/mol. The van der Waals surface area contributed by atoms with Gasteiger partial charge in [-0.2, -0.15) is 9.78 Å². The maximum atomic E-state index is 13.2. The number of aromatic hydroxyl groups is 1. The van der Waals surface area contributed by atoms with Gasteiger partial charge in [-0.1, -0.05) is 19.4 Å². The second-order valence-electron chi connectivity index (χ2n) is 4.74. The van der Waals surface area contributed by atoms with Crippen molar-refractivity contribution in [3.63, 3.8) is 0 Å². The van der Waals surface area contributed by atoms with Gasteiger partial charge in [0, 0.05) is 12.6 Å². The van der Waals surface area contributed by atoms with E-state index in [2.05, 4.69) is 17.3 Å². The van der Waals surface area contributed by atoms with Gasteiger partial charge >= 0.3 is 0 Å². The lowest BCUT2D eigenvalue weighted by Crippen LogP contribution is -2.24. The molecular formula is C15H18FN3O2. The van der Waals surface area contributed by atoms with Gasteiger partial charge in [0.1, 0.15) is 17.3 Å². The molecule has 2 aromatic rings. The lowest BCUT2D eigenvalue weighted by Gasteiger charge is -2.09. The highest BCUT2D eigenvalue weighted by atomic mass is 19.1. The maximum Gasteiger partial charge on any atom is 0.275 e. The van der Waals surface area contributed by atoms with Crippen LogP contribution in [-0.4, -0.2) is 21.4 Å². The van der Waals surface area contributed by atoms with E-state index in [1.54, 1.807) is 6.07 Å². The highest BCUT2D eigenvalue weighted by Crippen LogP contribution is 2.13. The topological polar surface area (TPSA) is 67.2 Å². The largest absolute Gasteiger partial charge is 0.506 e. The third-order valence-electron chi connectivity index (χ3n) is 3.04. The van der Waals surface area contributed by atoms with Crippen LogP contribution in [0.3, 0.4) is 0 Å². The molecular weight excluding hydrogens is 273 g/mol. The molecule has 0 unspecified atom stereocenters. The zero-order valence-electron chi connectivity index (χ0n) is 11.8. The minimum atomic E-state index is -0.504. The van der Waals surface area contributed by atoms with E-state index in [-0.39, 0.29) is 5.75 Å². The molecule has 0 amide bonds. The van der Waals surface area contributed by atoms with E-state index >= 15 is 0 Å². The molecule has 1 aromatic heterocycles. The molecule has 0 aliphatic rings. The zero-order valence-corrected chi connectivity index (χ0v) is 11.8. The molecule has 2 rings (SSSR count). The van der Waals surface area contributed by atoms with E-state index in [0.29, 0.717) is 17.9 Å². The lowest BCUT2D eigenvalue weighted by molar-refractivity contribution is 0.451. The van der Waals surface area contributed by atoms with Crippen LogP contribution in [0.4, 0.5) is 4.39 Å². The van der Waals surface area contributed by atoms with Gasteiger partial charge in [0.15, 0.2) is 0 Å². The summed E-state index contributed by atoms with van der Waals surface area (Å²) in [4.78, 5) is 11.9. The van der Waals surface area contributed by atoms with Crippen LogP contribution in [0, 0.1) is 5.82 Å². The molecule has 6 heteroatoms. The Balaban J connectivity index is 2.28. The number of nitrogens with zero attached hydrogens (tertiary/aromatic N) is 2. The van der Waals surface area contributed by atoms with Gasteiger partial charge in [-0.05, 0) is 31.2 Å². The van der Waals surface area contributed by atoms with Gasteiger partial charge < -0.3 is 10.4 Å². The average Bonchev–Trinajstić information content (AvgIpc) is 2.45. The van der Waals surface area contributed by atoms with Crippen molar-refractivity contribution in [3.05, 3.63) is 52.2 Å². The van der Waals surface area contributed by atoms with Crippen LogP contribution in [0.1, 0.15) is 25.5 Å². The predicted octanol–water partition coefficient (Wildman–Crippen LogP) is 1.97. The molecule has 0 radical (unpaired) electrons.